The van der Waals surface area contributed by atoms with Crippen molar-refractivity contribution in [2.24, 2.45) is 5.41 Å². The molecule has 30 heavy (non-hydrogen) atoms. The van der Waals surface area contributed by atoms with Gasteiger partial charge < -0.3 is 14.6 Å². The van der Waals surface area contributed by atoms with Crippen LogP contribution in [0.1, 0.15) is 56.6 Å². The summed E-state index contributed by atoms with van der Waals surface area (Å²) in [6.07, 6.45) is 6.24. The molecule has 2 aromatic rings. The van der Waals surface area contributed by atoms with E-state index in [1.54, 1.807) is 6.20 Å². The summed E-state index contributed by atoms with van der Waals surface area (Å²) >= 11 is 2.16. The highest BCUT2D eigenvalue weighted by atomic mass is 79.9. The largest absolute Gasteiger partial charge is 0.598 e. The average Bonchev–Trinajstić information content (AvgIpc) is 3.01. The Bertz CT molecular complexity index is 915. The normalized spacial score (nSPS) is 21.7. The van der Waals surface area contributed by atoms with Crippen molar-refractivity contribution in [3.63, 3.8) is 0 Å². The van der Waals surface area contributed by atoms with E-state index in [1.807, 2.05) is 33.0 Å². The molecule has 1 spiro atoms. The molecule has 1 aliphatic heterocycles. The first-order valence-corrected chi connectivity index (χ1v) is 12.2. The second-order valence-electron chi connectivity index (χ2n) is 9.12. The lowest BCUT2D eigenvalue weighted by Crippen LogP contribution is -2.50. The number of aliphatic hydroxyl groups excluding tert-OH is 1. The summed E-state index contributed by atoms with van der Waals surface area (Å²) in [6, 6.07) is 4.09. The van der Waals surface area contributed by atoms with Gasteiger partial charge in [0.2, 0.25) is 0 Å². The second-order valence-corrected chi connectivity index (χ2v) is 11.9. The fraction of sp³-hybridized carbons (Fsp3) is 0.571. The number of aliphatic hydroxyl groups is 1. The number of pyridine rings is 1. The maximum atomic E-state index is 13.0. The van der Waals surface area contributed by atoms with Crippen LogP contribution in [0.3, 0.4) is 0 Å². The lowest BCUT2D eigenvalue weighted by atomic mass is 9.73. The van der Waals surface area contributed by atoms with Gasteiger partial charge in [-0.25, -0.2) is 9.97 Å². The number of piperidine rings is 1. The van der Waals surface area contributed by atoms with Gasteiger partial charge in [-0.1, -0.05) is 6.07 Å². The molecule has 4 rings (SSSR count). The van der Waals surface area contributed by atoms with Crippen molar-refractivity contribution < 1.29 is 9.66 Å². The van der Waals surface area contributed by atoms with E-state index in [0.717, 1.165) is 43.9 Å². The smallest absolute Gasteiger partial charge is 0.152 e. The van der Waals surface area contributed by atoms with Crippen molar-refractivity contribution in [3.05, 3.63) is 46.1 Å². The Labute approximate surface area is 189 Å². The van der Waals surface area contributed by atoms with Crippen LogP contribution in [0.25, 0.3) is 0 Å². The van der Waals surface area contributed by atoms with Gasteiger partial charge in [0.15, 0.2) is 5.82 Å². The molecule has 2 aliphatic rings. The average molecular weight is 494 g/mol. The van der Waals surface area contributed by atoms with Gasteiger partial charge in [0.05, 0.1) is 18.8 Å². The van der Waals surface area contributed by atoms with E-state index in [1.165, 1.54) is 5.56 Å². The number of anilines is 1. The first kappa shape index (κ1) is 22.0. The maximum Gasteiger partial charge on any atom is 0.152 e. The van der Waals surface area contributed by atoms with Crippen molar-refractivity contribution in [2.75, 3.05) is 18.0 Å². The van der Waals surface area contributed by atoms with Gasteiger partial charge in [-0.2, -0.15) is 0 Å². The molecule has 3 heterocycles. The van der Waals surface area contributed by atoms with Crippen LogP contribution in [0, 0.1) is 5.41 Å². The van der Waals surface area contributed by atoms with Gasteiger partial charge in [0, 0.05) is 41.8 Å². The van der Waals surface area contributed by atoms with E-state index < -0.39 is 11.4 Å². The Morgan fingerprint density at radius 3 is 2.73 bits per heavy atom. The summed E-state index contributed by atoms with van der Waals surface area (Å²) < 4.78 is 16.7. The zero-order valence-electron chi connectivity index (χ0n) is 17.6. The molecule has 2 aromatic heterocycles. The first-order chi connectivity index (χ1) is 14.2. The molecular formula is C21H28BrN5O2S. The molecule has 0 bridgehead atoms. The quantitative estimate of drug-likeness (QED) is 0.631. The van der Waals surface area contributed by atoms with Crippen molar-refractivity contribution in [2.45, 2.75) is 57.4 Å². The molecule has 1 fully saturated rings. The Morgan fingerprint density at radius 2 is 2.07 bits per heavy atom. The lowest BCUT2D eigenvalue weighted by molar-refractivity contribution is 0.175. The predicted molar refractivity (Wildman–Crippen MR) is 121 cm³/mol. The van der Waals surface area contributed by atoms with Crippen molar-refractivity contribution in [1.82, 2.24) is 19.7 Å². The van der Waals surface area contributed by atoms with E-state index in [4.69, 9.17) is 0 Å². The number of halogens is 1. The predicted octanol–water partition coefficient (Wildman–Crippen LogP) is 3.06. The number of hydrogen-bond acceptors (Lipinski definition) is 7. The van der Waals surface area contributed by atoms with Crippen LogP contribution in [-0.2, 0) is 24.4 Å². The Balaban J connectivity index is 1.58. The standard InChI is InChI=1S/C21H28BrN5O2S/c1-20(2,3)30(29)26-18-14-5-4-8-23-15(14)11-21(18)6-9-27(10-7-21)19-16(13-28)25-17(22)12-24-19/h4-5,8,12,18,26,28H,6-7,9-11,13H2,1-3H3/t18-,30?/m1/s1. The Hall–Kier alpha value is -1.26. The third-order valence-corrected chi connectivity index (χ3v) is 8.10. The minimum Gasteiger partial charge on any atom is -0.598 e. The van der Waals surface area contributed by atoms with Gasteiger partial charge >= 0.3 is 0 Å². The molecule has 1 aliphatic carbocycles. The molecule has 162 valence electrons. The minimum absolute atomic E-state index is 0.0109. The summed E-state index contributed by atoms with van der Waals surface area (Å²) in [5, 5.41) is 9.71. The molecule has 0 radical (unpaired) electrons. The molecular weight excluding hydrogens is 466 g/mol. The molecule has 0 saturated carbocycles. The highest BCUT2D eigenvalue weighted by Crippen LogP contribution is 2.52. The number of fused-ring (bicyclic) bond motifs is 1. The number of aromatic nitrogens is 3. The lowest BCUT2D eigenvalue weighted by Gasteiger charge is -2.44. The molecule has 1 saturated heterocycles. The topological polar surface area (TPSA) is 97.2 Å². The maximum absolute atomic E-state index is 13.0. The molecule has 2 N–H and O–H groups in total. The van der Waals surface area contributed by atoms with Gasteiger partial charge in [-0.3, -0.25) is 4.98 Å². The van der Waals surface area contributed by atoms with Crippen LogP contribution < -0.4 is 9.62 Å². The van der Waals surface area contributed by atoms with Gasteiger partial charge in [-0.05, 0) is 67.6 Å². The number of hydrogen-bond donors (Lipinski definition) is 2. The molecule has 1 unspecified atom stereocenters. The van der Waals surface area contributed by atoms with E-state index in [2.05, 4.69) is 46.6 Å². The van der Waals surface area contributed by atoms with Crippen LogP contribution in [0.15, 0.2) is 29.1 Å². The molecule has 0 aromatic carbocycles. The van der Waals surface area contributed by atoms with Gasteiger partial charge in [0.25, 0.3) is 0 Å². The number of nitrogens with one attached hydrogen (secondary N) is 1. The summed E-state index contributed by atoms with van der Waals surface area (Å²) in [5.74, 6) is 0.743. The van der Waals surface area contributed by atoms with Crippen LogP contribution in [0.2, 0.25) is 0 Å². The molecule has 9 heteroatoms. The number of rotatable bonds is 4. The van der Waals surface area contributed by atoms with E-state index in [0.29, 0.717) is 10.3 Å². The van der Waals surface area contributed by atoms with Crippen molar-refractivity contribution >= 4 is 33.1 Å². The Morgan fingerprint density at radius 1 is 1.33 bits per heavy atom. The zero-order valence-corrected chi connectivity index (χ0v) is 20.0. The van der Waals surface area contributed by atoms with Crippen LogP contribution >= 0.6 is 15.9 Å². The first-order valence-electron chi connectivity index (χ1n) is 10.2. The third-order valence-electron chi connectivity index (χ3n) is 6.15. The zero-order chi connectivity index (χ0) is 21.5. The SMILES string of the molecule is CC(C)(C)[S+]([O-])N[C@@H]1c2cccnc2CC12CCN(c1ncc(Br)nc1CO)CC2. The summed E-state index contributed by atoms with van der Waals surface area (Å²) in [6.45, 7) is 7.44. The van der Waals surface area contributed by atoms with Crippen LogP contribution in [0.5, 0.6) is 0 Å². The van der Waals surface area contributed by atoms with E-state index >= 15 is 0 Å². The van der Waals surface area contributed by atoms with Gasteiger partial charge in [-0.15, -0.1) is 4.72 Å². The minimum atomic E-state index is -1.17. The molecule has 2 atom stereocenters. The van der Waals surface area contributed by atoms with Gasteiger partial charge in [0.1, 0.15) is 15.0 Å². The summed E-state index contributed by atoms with van der Waals surface area (Å²) in [7, 11) is 0. The number of nitrogens with zero attached hydrogens (tertiary/aromatic N) is 4. The second kappa shape index (κ2) is 8.35. The summed E-state index contributed by atoms with van der Waals surface area (Å²) in [5.41, 5.74) is 2.83. The molecule has 0 amide bonds. The van der Waals surface area contributed by atoms with Crippen LogP contribution in [0.4, 0.5) is 5.82 Å². The van der Waals surface area contributed by atoms with E-state index in [-0.39, 0.29) is 22.8 Å². The van der Waals surface area contributed by atoms with Crippen LogP contribution in [-0.4, -0.2) is 42.4 Å². The van der Waals surface area contributed by atoms with Crippen molar-refractivity contribution in [3.8, 4) is 0 Å². The fourth-order valence-corrected chi connectivity index (χ4v) is 5.76. The third kappa shape index (κ3) is 4.10. The molecule has 7 nitrogen and oxygen atoms in total. The van der Waals surface area contributed by atoms with E-state index in [9.17, 15) is 9.66 Å². The monoisotopic (exact) mass is 493 g/mol. The Kier molecular flexibility index (Phi) is 6.11. The highest BCUT2D eigenvalue weighted by Gasteiger charge is 2.51. The summed E-state index contributed by atoms with van der Waals surface area (Å²) in [4.78, 5) is 15.7. The fourth-order valence-electron chi connectivity index (χ4n) is 4.49. The highest BCUT2D eigenvalue weighted by molar-refractivity contribution is 9.10. The van der Waals surface area contributed by atoms with Crippen molar-refractivity contribution in [1.29, 1.82) is 0 Å².